The van der Waals surface area contributed by atoms with Crippen molar-refractivity contribution in [2.75, 3.05) is 13.1 Å². The number of carbonyl (C=O) groups is 2. The number of hydrogen-bond acceptors (Lipinski definition) is 2. The molecule has 0 radical (unpaired) electrons. The number of benzene rings is 1. The Morgan fingerprint density at radius 1 is 1.13 bits per heavy atom. The Bertz CT molecular complexity index is 519. The Morgan fingerprint density at radius 2 is 1.78 bits per heavy atom. The zero-order valence-electron chi connectivity index (χ0n) is 14.3. The van der Waals surface area contributed by atoms with Gasteiger partial charge in [0.2, 0.25) is 11.8 Å². The summed E-state index contributed by atoms with van der Waals surface area (Å²) in [5, 5.41) is 3.00. The maximum Gasteiger partial charge on any atom is 0.223 e. The minimum absolute atomic E-state index is 0.0393. The molecular formula is C19H28N2O2. The molecule has 1 aromatic rings. The summed E-state index contributed by atoms with van der Waals surface area (Å²) in [5.41, 5.74) is 2.33. The van der Waals surface area contributed by atoms with Crippen molar-refractivity contribution in [1.82, 2.24) is 10.2 Å². The van der Waals surface area contributed by atoms with Gasteiger partial charge in [-0.25, -0.2) is 0 Å². The largest absolute Gasteiger partial charge is 0.354 e. The minimum atomic E-state index is 0.0393. The monoisotopic (exact) mass is 316 g/mol. The predicted octanol–water partition coefficient (Wildman–Crippen LogP) is 3.04. The first-order chi connectivity index (χ1) is 11.1. The molecule has 1 aromatic carbocycles. The molecule has 0 atom stereocenters. The second-order valence-electron chi connectivity index (χ2n) is 6.55. The number of carbonyl (C=O) groups excluding carboxylic acids is 2. The van der Waals surface area contributed by atoms with Crippen molar-refractivity contribution in [1.29, 1.82) is 0 Å². The van der Waals surface area contributed by atoms with E-state index in [4.69, 9.17) is 0 Å². The summed E-state index contributed by atoms with van der Waals surface area (Å²) in [6.07, 6.45) is 5.58. The van der Waals surface area contributed by atoms with Gasteiger partial charge in [0.25, 0.3) is 0 Å². The van der Waals surface area contributed by atoms with Crippen molar-refractivity contribution in [3.8, 4) is 0 Å². The van der Waals surface area contributed by atoms with Crippen LogP contribution in [0.1, 0.15) is 50.2 Å². The first-order valence-corrected chi connectivity index (χ1v) is 8.65. The first-order valence-electron chi connectivity index (χ1n) is 8.65. The lowest BCUT2D eigenvalue weighted by Gasteiger charge is -2.24. The second-order valence-corrected chi connectivity index (χ2v) is 6.55. The smallest absolute Gasteiger partial charge is 0.223 e. The van der Waals surface area contributed by atoms with Crippen LogP contribution < -0.4 is 5.32 Å². The second kappa shape index (κ2) is 8.70. The molecule has 126 valence electrons. The summed E-state index contributed by atoms with van der Waals surface area (Å²) >= 11 is 0. The van der Waals surface area contributed by atoms with Crippen LogP contribution in [0, 0.1) is 12.8 Å². The van der Waals surface area contributed by atoms with Gasteiger partial charge in [0.1, 0.15) is 0 Å². The van der Waals surface area contributed by atoms with E-state index in [-0.39, 0.29) is 17.7 Å². The van der Waals surface area contributed by atoms with Gasteiger partial charge in [-0.15, -0.1) is 0 Å². The highest BCUT2D eigenvalue weighted by Crippen LogP contribution is 2.23. The van der Waals surface area contributed by atoms with E-state index < -0.39 is 0 Å². The van der Waals surface area contributed by atoms with Crippen molar-refractivity contribution in [2.24, 2.45) is 5.92 Å². The highest BCUT2D eigenvalue weighted by molar-refractivity contribution is 5.78. The number of hydrogen-bond donors (Lipinski definition) is 1. The number of amides is 2. The van der Waals surface area contributed by atoms with Crippen molar-refractivity contribution < 1.29 is 9.59 Å². The van der Waals surface area contributed by atoms with E-state index in [0.29, 0.717) is 19.6 Å². The molecule has 0 aliphatic heterocycles. The van der Waals surface area contributed by atoms with Crippen LogP contribution in [0.5, 0.6) is 0 Å². The van der Waals surface area contributed by atoms with E-state index in [1.165, 1.54) is 12.0 Å². The molecule has 2 amide bonds. The standard InChI is InChI=1S/C19H28N2O2/c1-15-8-10-17(11-9-15)14-21(16(2)22)13-12-20-19(23)18-6-4-3-5-7-18/h8-11,18H,3-7,12-14H2,1-2H3,(H,20,23). The maximum atomic E-state index is 12.1. The van der Waals surface area contributed by atoms with Gasteiger partial charge in [-0.1, -0.05) is 49.1 Å². The van der Waals surface area contributed by atoms with Gasteiger partial charge in [0.15, 0.2) is 0 Å². The quantitative estimate of drug-likeness (QED) is 0.877. The average Bonchev–Trinajstić information content (AvgIpc) is 2.56. The minimum Gasteiger partial charge on any atom is -0.354 e. The fraction of sp³-hybridized carbons (Fsp3) is 0.579. The number of nitrogens with one attached hydrogen (secondary N) is 1. The van der Waals surface area contributed by atoms with E-state index in [1.807, 2.05) is 19.1 Å². The van der Waals surface area contributed by atoms with Crippen LogP contribution in [0.2, 0.25) is 0 Å². The summed E-state index contributed by atoms with van der Waals surface area (Å²) in [6.45, 7) is 5.31. The Labute approximate surface area is 139 Å². The third-order valence-electron chi connectivity index (χ3n) is 4.60. The zero-order chi connectivity index (χ0) is 16.7. The van der Waals surface area contributed by atoms with Crippen molar-refractivity contribution >= 4 is 11.8 Å². The molecule has 1 N–H and O–H groups in total. The van der Waals surface area contributed by atoms with E-state index in [0.717, 1.165) is 31.2 Å². The average molecular weight is 316 g/mol. The molecule has 1 fully saturated rings. The highest BCUT2D eigenvalue weighted by atomic mass is 16.2. The Morgan fingerprint density at radius 3 is 2.39 bits per heavy atom. The molecule has 1 saturated carbocycles. The fourth-order valence-corrected chi connectivity index (χ4v) is 3.08. The summed E-state index contributed by atoms with van der Waals surface area (Å²) in [5.74, 6) is 0.368. The normalized spacial score (nSPS) is 15.2. The zero-order valence-corrected chi connectivity index (χ0v) is 14.3. The first kappa shape index (κ1) is 17.5. The molecule has 0 bridgehead atoms. The van der Waals surface area contributed by atoms with Gasteiger partial charge >= 0.3 is 0 Å². The molecule has 23 heavy (non-hydrogen) atoms. The van der Waals surface area contributed by atoms with Crippen LogP contribution in [-0.4, -0.2) is 29.8 Å². The Balaban J connectivity index is 1.79. The molecule has 2 rings (SSSR count). The lowest BCUT2D eigenvalue weighted by atomic mass is 9.89. The Kier molecular flexibility index (Phi) is 6.63. The molecule has 1 aliphatic carbocycles. The molecular weight excluding hydrogens is 288 g/mol. The topological polar surface area (TPSA) is 49.4 Å². The van der Waals surface area contributed by atoms with Gasteiger partial charge in [-0.3, -0.25) is 9.59 Å². The van der Waals surface area contributed by atoms with Crippen LogP contribution in [0.3, 0.4) is 0 Å². The molecule has 0 spiro atoms. The van der Waals surface area contributed by atoms with Gasteiger partial charge < -0.3 is 10.2 Å². The van der Waals surface area contributed by atoms with Gasteiger partial charge in [-0.2, -0.15) is 0 Å². The van der Waals surface area contributed by atoms with E-state index >= 15 is 0 Å². The van der Waals surface area contributed by atoms with Crippen LogP contribution in [-0.2, 0) is 16.1 Å². The molecule has 1 aliphatic rings. The van der Waals surface area contributed by atoms with E-state index in [2.05, 4.69) is 17.4 Å². The van der Waals surface area contributed by atoms with E-state index in [9.17, 15) is 9.59 Å². The Hall–Kier alpha value is -1.84. The lowest BCUT2D eigenvalue weighted by molar-refractivity contribution is -0.130. The van der Waals surface area contributed by atoms with Crippen molar-refractivity contribution in [3.05, 3.63) is 35.4 Å². The fourth-order valence-electron chi connectivity index (χ4n) is 3.08. The van der Waals surface area contributed by atoms with Crippen LogP contribution in [0.25, 0.3) is 0 Å². The number of nitrogens with zero attached hydrogens (tertiary/aromatic N) is 1. The van der Waals surface area contributed by atoms with Gasteiger partial charge in [0, 0.05) is 32.5 Å². The lowest BCUT2D eigenvalue weighted by Crippen LogP contribution is -2.39. The molecule has 4 heteroatoms. The van der Waals surface area contributed by atoms with Crippen molar-refractivity contribution in [2.45, 2.75) is 52.5 Å². The molecule has 0 saturated heterocycles. The van der Waals surface area contributed by atoms with Gasteiger partial charge in [0.05, 0.1) is 0 Å². The number of aryl methyl sites for hydroxylation is 1. The third kappa shape index (κ3) is 5.70. The van der Waals surface area contributed by atoms with E-state index in [1.54, 1.807) is 11.8 Å². The third-order valence-corrected chi connectivity index (χ3v) is 4.60. The number of rotatable bonds is 6. The summed E-state index contributed by atoms with van der Waals surface area (Å²) in [4.78, 5) is 25.7. The molecule has 0 aromatic heterocycles. The summed E-state index contributed by atoms with van der Waals surface area (Å²) < 4.78 is 0. The van der Waals surface area contributed by atoms with Crippen LogP contribution in [0.4, 0.5) is 0 Å². The molecule has 0 heterocycles. The SMILES string of the molecule is CC(=O)N(CCNC(=O)C1CCCCC1)Cc1ccc(C)cc1. The van der Waals surface area contributed by atoms with Crippen LogP contribution >= 0.6 is 0 Å². The molecule has 0 unspecified atom stereocenters. The highest BCUT2D eigenvalue weighted by Gasteiger charge is 2.20. The van der Waals surface area contributed by atoms with Crippen LogP contribution in [0.15, 0.2) is 24.3 Å². The maximum absolute atomic E-state index is 12.1. The molecule has 4 nitrogen and oxygen atoms in total. The summed E-state index contributed by atoms with van der Waals surface area (Å²) in [6, 6.07) is 8.20. The summed E-state index contributed by atoms with van der Waals surface area (Å²) in [7, 11) is 0. The van der Waals surface area contributed by atoms with Crippen molar-refractivity contribution in [3.63, 3.8) is 0 Å². The predicted molar refractivity (Wildman–Crippen MR) is 91.9 cm³/mol. The van der Waals surface area contributed by atoms with Gasteiger partial charge in [-0.05, 0) is 25.3 Å².